The number of fused-ring (bicyclic) bond motifs is 5. The smallest absolute Gasteiger partial charge is 0.0355 e. The molecule has 0 aromatic rings. The molecule has 0 amide bonds. The summed E-state index contributed by atoms with van der Waals surface area (Å²) in [4.78, 5) is 0. The Labute approximate surface area is 56.6 Å². The zero-order valence-corrected chi connectivity index (χ0v) is 5.84. The molecule has 2 bridgehead atoms. The van der Waals surface area contributed by atoms with Gasteiger partial charge >= 0.3 is 0 Å². The molecule has 50 valence electrons. The molecule has 0 aromatic heterocycles. The summed E-state index contributed by atoms with van der Waals surface area (Å²) in [6.45, 7) is 0. The van der Waals surface area contributed by atoms with Crippen molar-refractivity contribution in [3.8, 4) is 0 Å². The van der Waals surface area contributed by atoms with Gasteiger partial charge in [0.05, 0.1) is 0 Å². The van der Waals surface area contributed by atoms with Gasteiger partial charge in [0.25, 0.3) is 0 Å². The van der Waals surface area contributed by atoms with Crippen LogP contribution >= 0.6 is 0 Å². The summed E-state index contributed by atoms with van der Waals surface area (Å²) < 4.78 is 0. The predicted octanol–water partition coefficient (Wildman–Crippen LogP) is 2.44. The molecule has 0 radical (unpaired) electrons. The van der Waals surface area contributed by atoms with Crippen LogP contribution in [0.15, 0.2) is 0 Å². The number of hydrogen-bond donors (Lipinski definition) is 0. The van der Waals surface area contributed by atoms with Crippen molar-refractivity contribution in [2.24, 2.45) is 23.7 Å². The summed E-state index contributed by atoms with van der Waals surface area (Å²) >= 11 is 0. The Morgan fingerprint density at radius 2 is 1.22 bits per heavy atom. The van der Waals surface area contributed by atoms with Gasteiger partial charge < -0.3 is 0 Å². The summed E-state index contributed by atoms with van der Waals surface area (Å²) in [7, 11) is 0. The summed E-state index contributed by atoms with van der Waals surface area (Å²) in [6, 6.07) is 0. The van der Waals surface area contributed by atoms with E-state index in [1.165, 1.54) is 23.7 Å². The zero-order chi connectivity index (χ0) is 5.84. The van der Waals surface area contributed by atoms with Crippen molar-refractivity contribution in [3.05, 3.63) is 0 Å². The molecule has 0 unspecified atom stereocenters. The summed E-state index contributed by atoms with van der Waals surface area (Å²) in [6.07, 6.45) is 7.98. The highest BCUT2D eigenvalue weighted by Crippen LogP contribution is 2.60. The predicted molar refractivity (Wildman–Crippen MR) is 37.0 cm³/mol. The van der Waals surface area contributed by atoms with Crippen LogP contribution < -0.4 is 0 Å². The van der Waals surface area contributed by atoms with Crippen LogP contribution in [0.2, 0.25) is 0 Å². The molecule has 3 fully saturated rings. The molecule has 0 N–H and O–H groups in total. The minimum absolute atomic E-state index is 1.20. The fraction of sp³-hybridized carbons (Fsp3) is 1.00. The Balaban J connectivity index is 1.94. The van der Waals surface area contributed by atoms with Crippen molar-refractivity contribution in [2.45, 2.75) is 32.1 Å². The van der Waals surface area contributed by atoms with Crippen molar-refractivity contribution in [1.29, 1.82) is 0 Å². The average molecular weight is 122 g/mol. The van der Waals surface area contributed by atoms with Gasteiger partial charge in [-0.15, -0.1) is 0 Å². The van der Waals surface area contributed by atoms with Crippen molar-refractivity contribution in [2.75, 3.05) is 0 Å². The quantitative estimate of drug-likeness (QED) is 0.463. The van der Waals surface area contributed by atoms with Gasteiger partial charge in [-0.2, -0.15) is 0 Å². The number of hydrogen-bond acceptors (Lipinski definition) is 0. The lowest BCUT2D eigenvalue weighted by Crippen LogP contribution is -2.31. The van der Waals surface area contributed by atoms with E-state index in [0.29, 0.717) is 0 Å². The molecule has 0 spiro atoms. The lowest BCUT2D eigenvalue weighted by atomic mass is 9.66. The van der Waals surface area contributed by atoms with Crippen LogP contribution in [0.25, 0.3) is 0 Å². The third kappa shape index (κ3) is 0.426. The van der Waals surface area contributed by atoms with E-state index in [9.17, 15) is 0 Å². The molecule has 4 atom stereocenters. The van der Waals surface area contributed by atoms with Crippen molar-refractivity contribution in [1.82, 2.24) is 0 Å². The summed E-state index contributed by atoms with van der Waals surface area (Å²) in [5, 5.41) is 0. The van der Waals surface area contributed by atoms with Gasteiger partial charge in [-0.25, -0.2) is 0 Å². The normalized spacial score (nSPS) is 61.3. The maximum atomic E-state index is 1.62. The van der Waals surface area contributed by atoms with E-state index in [1.807, 2.05) is 0 Å². The zero-order valence-electron chi connectivity index (χ0n) is 5.84. The van der Waals surface area contributed by atoms with Crippen LogP contribution in [0, 0.1) is 23.7 Å². The SMILES string of the molecule is C1C[C@@H]2C[C@H]1[C@H]1CC[C@@H]21. The first-order chi connectivity index (χ1) is 4.45. The maximum absolute atomic E-state index is 1.62. The van der Waals surface area contributed by atoms with Crippen LogP contribution in [0.1, 0.15) is 32.1 Å². The molecule has 9 heavy (non-hydrogen) atoms. The first kappa shape index (κ1) is 4.76. The van der Waals surface area contributed by atoms with Gasteiger partial charge in [-0.05, 0) is 55.8 Å². The lowest BCUT2D eigenvalue weighted by molar-refractivity contribution is 0.103. The fourth-order valence-electron chi connectivity index (χ4n) is 3.55. The molecule has 3 aliphatic rings. The molecule has 0 aromatic carbocycles. The second-order valence-electron chi connectivity index (χ2n) is 4.24. The third-order valence-electron chi connectivity index (χ3n) is 4.11. The summed E-state index contributed by atoms with van der Waals surface area (Å²) in [5.41, 5.74) is 0. The van der Waals surface area contributed by atoms with Gasteiger partial charge in [0, 0.05) is 0 Å². The molecule has 0 saturated heterocycles. The minimum atomic E-state index is 1.20. The van der Waals surface area contributed by atoms with Crippen LogP contribution in [0.3, 0.4) is 0 Å². The van der Waals surface area contributed by atoms with E-state index in [4.69, 9.17) is 0 Å². The van der Waals surface area contributed by atoms with Gasteiger partial charge in [0.2, 0.25) is 0 Å². The van der Waals surface area contributed by atoms with E-state index in [1.54, 1.807) is 32.1 Å². The number of rotatable bonds is 0. The topological polar surface area (TPSA) is 0 Å². The molecule has 0 heterocycles. The Hall–Kier alpha value is 0. The molecule has 0 heteroatoms. The molecule has 3 rings (SSSR count). The first-order valence-corrected chi connectivity index (χ1v) is 4.45. The van der Waals surface area contributed by atoms with Crippen molar-refractivity contribution < 1.29 is 0 Å². The lowest BCUT2D eigenvalue weighted by Gasteiger charge is -2.40. The third-order valence-corrected chi connectivity index (χ3v) is 4.11. The van der Waals surface area contributed by atoms with Gasteiger partial charge in [-0.3, -0.25) is 0 Å². The highest BCUT2D eigenvalue weighted by molar-refractivity contribution is 5.01. The van der Waals surface area contributed by atoms with E-state index in [-0.39, 0.29) is 0 Å². The Kier molecular flexibility index (Phi) is 0.717. The Morgan fingerprint density at radius 1 is 0.667 bits per heavy atom. The second-order valence-corrected chi connectivity index (χ2v) is 4.24. The molecule has 3 aliphatic carbocycles. The highest BCUT2D eigenvalue weighted by atomic mass is 14.6. The first-order valence-electron chi connectivity index (χ1n) is 4.45. The van der Waals surface area contributed by atoms with E-state index in [0.717, 1.165) is 0 Å². The average Bonchev–Trinajstić information content (AvgIpc) is 2.18. The van der Waals surface area contributed by atoms with Gasteiger partial charge in [0.15, 0.2) is 0 Å². The van der Waals surface area contributed by atoms with E-state index in [2.05, 4.69) is 0 Å². The monoisotopic (exact) mass is 122 g/mol. The van der Waals surface area contributed by atoms with Crippen LogP contribution in [-0.2, 0) is 0 Å². The van der Waals surface area contributed by atoms with Crippen molar-refractivity contribution in [3.63, 3.8) is 0 Å². The standard InChI is InChI=1S/C9H14/c1-2-7-5-6(1)8-3-4-9(7)8/h6-9H,1-5H2/t6-,7+,8+,9-. The molecule has 3 saturated carbocycles. The highest BCUT2D eigenvalue weighted by Gasteiger charge is 2.51. The largest absolute Gasteiger partial charge is 0.0499 e. The Bertz CT molecular complexity index is 119. The maximum Gasteiger partial charge on any atom is -0.0355 e. The van der Waals surface area contributed by atoms with Crippen LogP contribution in [-0.4, -0.2) is 0 Å². The summed E-state index contributed by atoms with van der Waals surface area (Å²) in [5.74, 6) is 4.86. The van der Waals surface area contributed by atoms with E-state index < -0.39 is 0 Å². The molecule has 0 aliphatic heterocycles. The van der Waals surface area contributed by atoms with Gasteiger partial charge in [-0.1, -0.05) is 0 Å². The fourth-order valence-corrected chi connectivity index (χ4v) is 3.55. The molecular weight excluding hydrogens is 108 g/mol. The van der Waals surface area contributed by atoms with Gasteiger partial charge in [0.1, 0.15) is 0 Å². The molecular formula is C9H14. The van der Waals surface area contributed by atoms with Crippen LogP contribution in [0.4, 0.5) is 0 Å². The second kappa shape index (κ2) is 1.36. The molecule has 0 nitrogen and oxygen atoms in total. The van der Waals surface area contributed by atoms with Crippen LogP contribution in [0.5, 0.6) is 0 Å². The Morgan fingerprint density at radius 3 is 1.56 bits per heavy atom. The minimum Gasteiger partial charge on any atom is -0.0499 e. The van der Waals surface area contributed by atoms with Crippen molar-refractivity contribution >= 4 is 0 Å². The van der Waals surface area contributed by atoms with E-state index >= 15 is 0 Å².